The molecule has 0 radical (unpaired) electrons. The van der Waals surface area contributed by atoms with Crippen molar-refractivity contribution in [3.05, 3.63) is 124 Å². The maximum absolute atomic E-state index is 14.2. The van der Waals surface area contributed by atoms with Gasteiger partial charge in [0.25, 0.3) is 0 Å². The normalized spacial score (nSPS) is 24.1. The predicted molar refractivity (Wildman–Crippen MR) is 165 cm³/mol. The Hall–Kier alpha value is -5.37. The lowest BCUT2D eigenvalue weighted by atomic mass is 9.59. The number of Topliss-reactive ketones (excluding diaryl/α,β-unsaturated/α-hetero) is 1. The second-order valence-corrected chi connectivity index (χ2v) is 11.9. The van der Waals surface area contributed by atoms with Crippen LogP contribution in [-0.2, 0) is 19.2 Å². The van der Waals surface area contributed by atoms with Crippen LogP contribution < -0.4 is 9.64 Å². The fourth-order valence-electron chi connectivity index (χ4n) is 7.38. The van der Waals surface area contributed by atoms with Gasteiger partial charge in [-0.15, -0.1) is 0 Å². The van der Waals surface area contributed by atoms with Crippen molar-refractivity contribution in [2.75, 3.05) is 12.0 Å². The van der Waals surface area contributed by atoms with Crippen molar-refractivity contribution in [2.45, 2.75) is 25.7 Å². The lowest BCUT2D eigenvalue weighted by molar-refractivity contribution is -0.123. The average molecular weight is 600 g/mol. The van der Waals surface area contributed by atoms with Gasteiger partial charge < -0.3 is 9.84 Å². The standard InChI is InChI=1S/C37H29NO7/c1-19-16-29(39)28-18-27-24(31(33(28)34(19)41)25-13-12-23(45-2)17-30(25)40)14-15-26-32(27)37(44)38(36(26)43)22-10-8-21(9-11-22)35(42)20-6-4-3-5-7-20/h3-14,16-17,26-27,31-32,40H,15,18H2,1-2H3/t26-,27+,31+,32-/m0/s1. The molecule has 0 saturated carbocycles. The summed E-state index contributed by atoms with van der Waals surface area (Å²) in [5.74, 6) is -3.81. The van der Waals surface area contributed by atoms with Crippen molar-refractivity contribution in [1.29, 1.82) is 0 Å². The minimum Gasteiger partial charge on any atom is -0.507 e. The quantitative estimate of drug-likeness (QED) is 0.184. The molecule has 0 bridgehead atoms. The Labute approximate surface area is 259 Å². The Morgan fingerprint density at radius 3 is 2.29 bits per heavy atom. The highest BCUT2D eigenvalue weighted by atomic mass is 16.5. The van der Waals surface area contributed by atoms with E-state index in [1.807, 2.05) is 12.1 Å². The molecule has 1 N–H and O–H groups in total. The summed E-state index contributed by atoms with van der Waals surface area (Å²) in [6.45, 7) is 1.60. The number of imide groups is 1. The van der Waals surface area contributed by atoms with E-state index in [4.69, 9.17) is 4.74 Å². The van der Waals surface area contributed by atoms with Crippen LogP contribution in [0.25, 0.3) is 0 Å². The predicted octanol–water partition coefficient (Wildman–Crippen LogP) is 5.27. The molecule has 1 heterocycles. The van der Waals surface area contributed by atoms with Gasteiger partial charge in [0, 0.05) is 45.4 Å². The first-order chi connectivity index (χ1) is 21.7. The molecule has 1 fully saturated rings. The molecule has 3 aromatic rings. The van der Waals surface area contributed by atoms with Gasteiger partial charge in [0.05, 0.1) is 24.6 Å². The molecular weight excluding hydrogens is 570 g/mol. The number of methoxy groups -OCH3 is 1. The first-order valence-corrected chi connectivity index (χ1v) is 14.8. The number of anilines is 1. The van der Waals surface area contributed by atoms with Crippen LogP contribution in [0, 0.1) is 17.8 Å². The summed E-state index contributed by atoms with van der Waals surface area (Å²) in [4.78, 5) is 69.0. The number of carbonyl (C=O) groups excluding carboxylic acids is 5. The van der Waals surface area contributed by atoms with E-state index in [9.17, 15) is 29.1 Å². The van der Waals surface area contributed by atoms with Crippen LogP contribution in [0.4, 0.5) is 5.69 Å². The summed E-state index contributed by atoms with van der Waals surface area (Å²) < 4.78 is 5.26. The van der Waals surface area contributed by atoms with E-state index in [1.165, 1.54) is 24.2 Å². The number of nitrogens with zero attached hydrogens (tertiary/aromatic N) is 1. The van der Waals surface area contributed by atoms with Gasteiger partial charge in [-0.25, -0.2) is 0 Å². The highest BCUT2D eigenvalue weighted by Crippen LogP contribution is 2.56. The Bertz CT molecular complexity index is 1920. The van der Waals surface area contributed by atoms with Gasteiger partial charge in [-0.1, -0.05) is 48.0 Å². The van der Waals surface area contributed by atoms with Gasteiger partial charge >= 0.3 is 0 Å². The summed E-state index contributed by atoms with van der Waals surface area (Å²) in [5.41, 5.74) is 3.46. The number of aromatic hydroxyl groups is 1. The van der Waals surface area contributed by atoms with E-state index in [-0.39, 0.29) is 47.8 Å². The Kier molecular flexibility index (Phi) is 6.73. The second-order valence-electron chi connectivity index (χ2n) is 11.9. The number of allylic oxidation sites excluding steroid dienone is 6. The number of fused-ring (bicyclic) bond motifs is 3. The fraction of sp³-hybridized carbons (Fsp3) is 0.216. The first-order valence-electron chi connectivity index (χ1n) is 14.8. The van der Waals surface area contributed by atoms with Crippen molar-refractivity contribution in [2.24, 2.45) is 17.8 Å². The molecule has 0 spiro atoms. The Balaban J connectivity index is 1.26. The van der Waals surface area contributed by atoms with Gasteiger partial charge in [-0.3, -0.25) is 28.9 Å². The highest BCUT2D eigenvalue weighted by Gasteiger charge is 2.56. The smallest absolute Gasteiger partial charge is 0.238 e. The molecule has 8 nitrogen and oxygen atoms in total. The molecule has 3 aromatic carbocycles. The number of benzene rings is 3. The van der Waals surface area contributed by atoms with Crippen LogP contribution in [0.5, 0.6) is 11.5 Å². The summed E-state index contributed by atoms with van der Waals surface area (Å²) in [6.07, 6.45) is 3.65. The zero-order valence-electron chi connectivity index (χ0n) is 24.7. The topological polar surface area (TPSA) is 118 Å². The average Bonchev–Trinajstić information content (AvgIpc) is 3.32. The molecule has 0 aromatic heterocycles. The number of hydrogen-bond acceptors (Lipinski definition) is 7. The zero-order valence-corrected chi connectivity index (χ0v) is 24.7. The lowest BCUT2D eigenvalue weighted by Crippen LogP contribution is -2.39. The van der Waals surface area contributed by atoms with Gasteiger partial charge in [0.2, 0.25) is 11.8 Å². The largest absolute Gasteiger partial charge is 0.507 e. The number of amides is 2. The summed E-state index contributed by atoms with van der Waals surface area (Å²) in [5, 5.41) is 11.1. The molecule has 8 heteroatoms. The third kappa shape index (κ3) is 4.39. The van der Waals surface area contributed by atoms with Crippen LogP contribution >= 0.6 is 0 Å². The number of ketones is 3. The SMILES string of the molecule is COc1ccc([C@H]2C3=CC[C@@H]4C(=O)N(c5ccc(C(=O)c6ccccc6)cc5)C(=O)[C@@H]4[C@@H]3CC3=C2C(=O)C(C)=CC3=O)c(O)c1. The van der Waals surface area contributed by atoms with Crippen LogP contribution in [-0.4, -0.2) is 41.4 Å². The molecular formula is C37H29NO7. The van der Waals surface area contributed by atoms with E-state index >= 15 is 0 Å². The number of hydrogen-bond donors (Lipinski definition) is 1. The van der Waals surface area contributed by atoms with E-state index < -0.39 is 23.7 Å². The summed E-state index contributed by atoms with van der Waals surface area (Å²) in [7, 11) is 1.48. The molecule has 45 heavy (non-hydrogen) atoms. The van der Waals surface area contributed by atoms with Gasteiger partial charge in [0.15, 0.2) is 17.3 Å². The molecule has 2 amide bonds. The van der Waals surface area contributed by atoms with Crippen molar-refractivity contribution in [3.8, 4) is 11.5 Å². The third-order valence-corrected chi connectivity index (χ3v) is 9.54. The molecule has 1 aliphatic heterocycles. The molecule has 224 valence electrons. The zero-order chi connectivity index (χ0) is 31.6. The number of carbonyl (C=O) groups is 5. The van der Waals surface area contributed by atoms with E-state index in [1.54, 1.807) is 67.6 Å². The van der Waals surface area contributed by atoms with Gasteiger partial charge in [0.1, 0.15) is 11.5 Å². The van der Waals surface area contributed by atoms with E-state index in [2.05, 4.69) is 0 Å². The number of rotatable bonds is 5. The molecule has 4 aliphatic rings. The first kappa shape index (κ1) is 28.4. The Morgan fingerprint density at radius 1 is 0.889 bits per heavy atom. The maximum Gasteiger partial charge on any atom is 0.238 e. The Morgan fingerprint density at radius 2 is 1.60 bits per heavy atom. The van der Waals surface area contributed by atoms with Crippen molar-refractivity contribution in [1.82, 2.24) is 0 Å². The van der Waals surface area contributed by atoms with Crippen molar-refractivity contribution in [3.63, 3.8) is 0 Å². The molecule has 0 unspecified atom stereocenters. The molecule has 4 atom stereocenters. The highest BCUT2D eigenvalue weighted by molar-refractivity contribution is 6.25. The van der Waals surface area contributed by atoms with E-state index in [0.717, 1.165) is 5.57 Å². The van der Waals surface area contributed by atoms with Crippen LogP contribution in [0.1, 0.15) is 47.2 Å². The minimum atomic E-state index is -0.758. The van der Waals surface area contributed by atoms with Crippen LogP contribution in [0.15, 0.2) is 107 Å². The molecule has 3 aliphatic carbocycles. The number of ether oxygens (including phenoxy) is 1. The van der Waals surface area contributed by atoms with Gasteiger partial charge in [-0.2, -0.15) is 0 Å². The second kappa shape index (κ2) is 10.7. The van der Waals surface area contributed by atoms with Crippen molar-refractivity contribution < 1.29 is 33.8 Å². The van der Waals surface area contributed by atoms with Gasteiger partial charge in [-0.05, 0) is 62.1 Å². The number of phenols is 1. The summed E-state index contributed by atoms with van der Waals surface area (Å²) in [6, 6.07) is 20.1. The number of phenolic OH excluding ortho intramolecular Hbond substituents is 1. The fourth-order valence-corrected chi connectivity index (χ4v) is 7.38. The summed E-state index contributed by atoms with van der Waals surface area (Å²) >= 11 is 0. The van der Waals surface area contributed by atoms with Crippen LogP contribution in [0.2, 0.25) is 0 Å². The maximum atomic E-state index is 14.2. The van der Waals surface area contributed by atoms with Crippen molar-refractivity contribution >= 4 is 34.9 Å². The monoisotopic (exact) mass is 599 g/mol. The third-order valence-electron chi connectivity index (χ3n) is 9.54. The van der Waals surface area contributed by atoms with Crippen LogP contribution in [0.3, 0.4) is 0 Å². The molecule has 1 saturated heterocycles. The lowest BCUT2D eigenvalue weighted by Gasteiger charge is -2.42. The molecule has 7 rings (SSSR count). The minimum absolute atomic E-state index is 0.0945. The van der Waals surface area contributed by atoms with E-state index in [0.29, 0.717) is 44.8 Å².